The molecule has 5 heteroatoms. The minimum absolute atomic E-state index is 0.00971. The van der Waals surface area contributed by atoms with Crippen molar-refractivity contribution in [2.24, 2.45) is 11.8 Å². The first-order valence-corrected chi connectivity index (χ1v) is 8.64. The molecule has 3 rings (SSSR count). The Morgan fingerprint density at radius 2 is 2.00 bits per heavy atom. The maximum Gasteiger partial charge on any atom is 0.341 e. The van der Waals surface area contributed by atoms with Gasteiger partial charge in [0, 0.05) is 16.9 Å². The van der Waals surface area contributed by atoms with E-state index in [0.717, 1.165) is 17.5 Å². The predicted molar refractivity (Wildman–Crippen MR) is 91.6 cm³/mol. The second-order valence-corrected chi connectivity index (χ2v) is 6.63. The van der Waals surface area contributed by atoms with Crippen LogP contribution in [0.25, 0.3) is 11.1 Å². The first-order valence-electron chi connectivity index (χ1n) is 7.76. The van der Waals surface area contributed by atoms with Crippen molar-refractivity contribution in [2.45, 2.75) is 20.3 Å². The van der Waals surface area contributed by atoms with Gasteiger partial charge in [-0.15, -0.1) is 11.3 Å². The van der Waals surface area contributed by atoms with Crippen LogP contribution >= 0.6 is 11.3 Å². The third-order valence-electron chi connectivity index (χ3n) is 4.04. The van der Waals surface area contributed by atoms with E-state index >= 15 is 0 Å². The van der Waals surface area contributed by atoms with Crippen LogP contribution in [0.1, 0.15) is 30.6 Å². The molecular weight excluding hydrogens is 310 g/mol. The van der Waals surface area contributed by atoms with Crippen LogP contribution in [0.5, 0.6) is 0 Å². The molecule has 0 radical (unpaired) electrons. The Morgan fingerprint density at radius 3 is 2.61 bits per heavy atom. The fraction of sp³-hybridized carbons (Fsp3) is 0.333. The summed E-state index contributed by atoms with van der Waals surface area (Å²) in [5.41, 5.74) is 2.19. The van der Waals surface area contributed by atoms with Crippen LogP contribution in [-0.4, -0.2) is 18.5 Å². The summed E-state index contributed by atoms with van der Waals surface area (Å²) in [5, 5.41) is 5.38. The number of ether oxygens (including phenoxy) is 1. The molecule has 0 aliphatic heterocycles. The second-order valence-electron chi connectivity index (χ2n) is 5.75. The number of amides is 1. The van der Waals surface area contributed by atoms with Gasteiger partial charge in [0.25, 0.3) is 0 Å². The van der Waals surface area contributed by atoms with E-state index in [9.17, 15) is 9.59 Å². The highest BCUT2D eigenvalue weighted by Gasteiger charge is 2.39. The second kappa shape index (κ2) is 6.54. The van der Waals surface area contributed by atoms with Crippen molar-refractivity contribution < 1.29 is 14.3 Å². The normalized spacial score (nSPS) is 19.2. The number of hydrogen-bond acceptors (Lipinski definition) is 4. The van der Waals surface area contributed by atoms with Gasteiger partial charge in [-0.2, -0.15) is 0 Å². The minimum Gasteiger partial charge on any atom is -0.462 e. The third-order valence-corrected chi connectivity index (χ3v) is 4.93. The van der Waals surface area contributed by atoms with E-state index in [1.807, 2.05) is 35.7 Å². The lowest BCUT2D eigenvalue weighted by molar-refractivity contribution is -0.117. The Morgan fingerprint density at radius 1 is 1.30 bits per heavy atom. The summed E-state index contributed by atoms with van der Waals surface area (Å²) in [4.78, 5) is 24.6. The Bertz CT molecular complexity index is 723. The molecular formula is C18H19NO3S. The molecule has 1 fully saturated rings. The number of thiophene rings is 1. The SMILES string of the molecule is CCOC(=O)c1c(-c2ccccc2)csc1NC(=O)[C@H]1C[C@@H]1C. The number of benzene rings is 1. The van der Waals surface area contributed by atoms with Crippen molar-refractivity contribution in [2.75, 3.05) is 11.9 Å². The summed E-state index contributed by atoms with van der Waals surface area (Å²) < 4.78 is 5.18. The van der Waals surface area contributed by atoms with Crippen LogP contribution in [0.2, 0.25) is 0 Å². The van der Waals surface area contributed by atoms with Gasteiger partial charge < -0.3 is 10.1 Å². The largest absolute Gasteiger partial charge is 0.462 e. The van der Waals surface area contributed by atoms with Crippen molar-refractivity contribution in [1.29, 1.82) is 0 Å². The van der Waals surface area contributed by atoms with Crippen LogP contribution in [0, 0.1) is 11.8 Å². The van der Waals surface area contributed by atoms with E-state index in [0.29, 0.717) is 23.1 Å². The monoisotopic (exact) mass is 329 g/mol. The van der Waals surface area contributed by atoms with Gasteiger partial charge in [0.15, 0.2) is 0 Å². The minimum atomic E-state index is -0.397. The van der Waals surface area contributed by atoms with Crippen LogP contribution in [0.15, 0.2) is 35.7 Å². The van der Waals surface area contributed by atoms with E-state index in [1.165, 1.54) is 11.3 Å². The molecule has 1 aromatic carbocycles. The lowest BCUT2D eigenvalue weighted by Gasteiger charge is -2.08. The van der Waals surface area contributed by atoms with Crippen molar-refractivity contribution in [3.8, 4) is 11.1 Å². The quantitative estimate of drug-likeness (QED) is 0.837. The van der Waals surface area contributed by atoms with E-state index in [2.05, 4.69) is 12.2 Å². The molecule has 2 atom stereocenters. The van der Waals surface area contributed by atoms with Crippen LogP contribution in [-0.2, 0) is 9.53 Å². The summed E-state index contributed by atoms with van der Waals surface area (Å²) in [7, 11) is 0. The summed E-state index contributed by atoms with van der Waals surface area (Å²) in [6, 6.07) is 9.66. The molecule has 1 aromatic heterocycles. The number of esters is 1. The molecule has 1 N–H and O–H groups in total. The zero-order chi connectivity index (χ0) is 16.4. The Hall–Kier alpha value is -2.14. The van der Waals surface area contributed by atoms with E-state index in [-0.39, 0.29) is 11.8 Å². The van der Waals surface area contributed by atoms with Crippen LogP contribution in [0.4, 0.5) is 5.00 Å². The average Bonchev–Trinajstić information content (AvgIpc) is 3.14. The summed E-state index contributed by atoms with van der Waals surface area (Å²) >= 11 is 1.37. The highest BCUT2D eigenvalue weighted by molar-refractivity contribution is 7.15. The summed E-state index contributed by atoms with van der Waals surface area (Å²) in [6.07, 6.45) is 0.914. The highest BCUT2D eigenvalue weighted by Crippen LogP contribution is 2.41. The Labute approximate surface area is 139 Å². The molecule has 0 unspecified atom stereocenters. The third kappa shape index (κ3) is 3.29. The highest BCUT2D eigenvalue weighted by atomic mass is 32.1. The molecule has 1 aliphatic carbocycles. The molecule has 0 bridgehead atoms. The number of carbonyl (C=O) groups is 2. The van der Waals surface area contributed by atoms with E-state index in [1.54, 1.807) is 6.92 Å². The number of hydrogen-bond donors (Lipinski definition) is 1. The lowest BCUT2D eigenvalue weighted by Crippen LogP contribution is -2.16. The van der Waals surface area contributed by atoms with Crippen molar-refractivity contribution >= 4 is 28.2 Å². The molecule has 0 spiro atoms. The predicted octanol–water partition coefficient (Wildman–Crippen LogP) is 4.19. The van der Waals surface area contributed by atoms with Gasteiger partial charge in [-0.05, 0) is 24.8 Å². The van der Waals surface area contributed by atoms with Gasteiger partial charge in [-0.25, -0.2) is 4.79 Å². The Balaban J connectivity index is 1.94. The molecule has 23 heavy (non-hydrogen) atoms. The van der Waals surface area contributed by atoms with Crippen LogP contribution < -0.4 is 5.32 Å². The molecule has 1 amide bonds. The number of anilines is 1. The first-order chi connectivity index (χ1) is 11.1. The van der Waals surface area contributed by atoms with Gasteiger partial charge in [-0.3, -0.25) is 4.79 Å². The van der Waals surface area contributed by atoms with Crippen molar-refractivity contribution in [1.82, 2.24) is 0 Å². The molecule has 2 aromatic rings. The first kappa shape index (κ1) is 15.7. The van der Waals surface area contributed by atoms with Gasteiger partial charge in [-0.1, -0.05) is 37.3 Å². The van der Waals surface area contributed by atoms with Gasteiger partial charge in [0.05, 0.1) is 6.61 Å². The molecule has 1 saturated carbocycles. The number of rotatable bonds is 5. The smallest absolute Gasteiger partial charge is 0.341 e. The molecule has 0 saturated heterocycles. The number of carbonyl (C=O) groups excluding carboxylic acids is 2. The molecule has 4 nitrogen and oxygen atoms in total. The van der Waals surface area contributed by atoms with Gasteiger partial charge in [0.1, 0.15) is 10.6 Å². The fourth-order valence-electron chi connectivity index (χ4n) is 2.58. The lowest BCUT2D eigenvalue weighted by atomic mass is 10.0. The maximum atomic E-state index is 12.4. The standard InChI is InChI=1S/C18H19NO3S/c1-3-22-18(21)15-14(12-7-5-4-6-8-12)10-23-17(15)19-16(20)13-9-11(13)2/h4-8,10-11,13H,3,9H2,1-2H3,(H,19,20)/t11-,13-/m0/s1. The fourth-order valence-corrected chi connectivity index (χ4v) is 3.54. The van der Waals surface area contributed by atoms with Crippen molar-refractivity contribution in [3.63, 3.8) is 0 Å². The topological polar surface area (TPSA) is 55.4 Å². The van der Waals surface area contributed by atoms with Gasteiger partial charge in [0.2, 0.25) is 5.91 Å². The summed E-state index contributed by atoms with van der Waals surface area (Å²) in [6.45, 7) is 4.13. The molecule has 1 aliphatic rings. The molecule has 120 valence electrons. The number of nitrogens with one attached hydrogen (secondary N) is 1. The van der Waals surface area contributed by atoms with E-state index in [4.69, 9.17) is 4.74 Å². The molecule has 1 heterocycles. The summed E-state index contributed by atoms with van der Waals surface area (Å²) in [5.74, 6) is 0.0816. The van der Waals surface area contributed by atoms with Gasteiger partial charge >= 0.3 is 5.97 Å². The Kier molecular flexibility index (Phi) is 4.48. The van der Waals surface area contributed by atoms with E-state index < -0.39 is 5.97 Å². The zero-order valence-corrected chi connectivity index (χ0v) is 14.0. The maximum absolute atomic E-state index is 12.4. The zero-order valence-electron chi connectivity index (χ0n) is 13.2. The van der Waals surface area contributed by atoms with Crippen LogP contribution in [0.3, 0.4) is 0 Å². The van der Waals surface area contributed by atoms with Crippen molar-refractivity contribution in [3.05, 3.63) is 41.3 Å². The average molecular weight is 329 g/mol.